The quantitative estimate of drug-likeness (QED) is 0.667. The van der Waals surface area contributed by atoms with Crippen LogP contribution in [0.1, 0.15) is 70.9 Å². The van der Waals surface area contributed by atoms with Crippen molar-refractivity contribution < 1.29 is 5.11 Å². The molecule has 140 valence electrons. The molecule has 2 rings (SSSR count). The molecule has 0 saturated carbocycles. The lowest BCUT2D eigenvalue weighted by molar-refractivity contribution is 0.0823. The Balaban J connectivity index is 1.98. The zero-order chi connectivity index (χ0) is 18.4. The molecule has 1 N–H and O–H groups in total. The van der Waals surface area contributed by atoms with Gasteiger partial charge in [0.05, 0.1) is 6.33 Å². The van der Waals surface area contributed by atoms with Gasteiger partial charge < -0.3 is 9.67 Å². The number of hydrogen-bond donors (Lipinski definition) is 1. The molecule has 7 nitrogen and oxygen atoms in total. The summed E-state index contributed by atoms with van der Waals surface area (Å²) in [6.07, 6.45) is 10.0. The molecule has 0 spiro atoms. The number of aliphatic hydroxyl groups excluding tert-OH is 1. The van der Waals surface area contributed by atoms with Gasteiger partial charge in [0.15, 0.2) is 11.2 Å². The Kier molecular flexibility index (Phi) is 6.99. The van der Waals surface area contributed by atoms with Crippen LogP contribution >= 0.6 is 0 Å². The van der Waals surface area contributed by atoms with Crippen LogP contribution in [0.3, 0.4) is 0 Å². The Morgan fingerprint density at radius 3 is 2.28 bits per heavy atom. The average Bonchev–Trinajstić information content (AvgIpc) is 2.97. The second kappa shape index (κ2) is 8.99. The Bertz CT molecular complexity index is 803. The van der Waals surface area contributed by atoms with Gasteiger partial charge in [-0.25, -0.2) is 14.3 Å². The number of aliphatic hydroxyl groups is 1. The van der Waals surface area contributed by atoms with E-state index in [2.05, 4.69) is 11.9 Å². The molecule has 2 aromatic rings. The van der Waals surface area contributed by atoms with E-state index in [0.29, 0.717) is 17.6 Å². The highest BCUT2D eigenvalue weighted by atomic mass is 16.3. The fourth-order valence-electron chi connectivity index (χ4n) is 3.22. The number of fused-ring (bicyclic) bond motifs is 1. The van der Waals surface area contributed by atoms with E-state index < -0.39 is 17.5 Å². The highest BCUT2D eigenvalue weighted by Crippen LogP contribution is 2.14. The lowest BCUT2D eigenvalue weighted by Gasteiger charge is -2.14. The van der Waals surface area contributed by atoms with E-state index in [1.165, 1.54) is 43.0 Å². The van der Waals surface area contributed by atoms with Crippen LogP contribution < -0.4 is 11.2 Å². The molecule has 2 aromatic heterocycles. The van der Waals surface area contributed by atoms with Gasteiger partial charge in [-0.2, -0.15) is 0 Å². The molecule has 0 saturated heterocycles. The molecule has 2 heterocycles. The number of hydrogen-bond acceptors (Lipinski definition) is 4. The molecule has 0 amide bonds. The number of rotatable bonds is 10. The third kappa shape index (κ3) is 4.39. The van der Waals surface area contributed by atoms with Crippen molar-refractivity contribution in [2.75, 3.05) is 0 Å². The molecule has 25 heavy (non-hydrogen) atoms. The van der Waals surface area contributed by atoms with Crippen LogP contribution in [0.5, 0.6) is 0 Å². The predicted octanol–water partition coefficient (Wildman–Crippen LogP) is 2.46. The van der Waals surface area contributed by atoms with Gasteiger partial charge in [0, 0.05) is 14.1 Å². The molecule has 1 unspecified atom stereocenters. The summed E-state index contributed by atoms with van der Waals surface area (Å²) < 4.78 is 3.84. The highest BCUT2D eigenvalue weighted by Gasteiger charge is 2.19. The molecule has 0 radical (unpaired) electrons. The van der Waals surface area contributed by atoms with Crippen molar-refractivity contribution in [2.45, 2.75) is 70.9 Å². The predicted molar refractivity (Wildman–Crippen MR) is 98.7 cm³/mol. The Morgan fingerprint density at radius 1 is 1.04 bits per heavy atom. The van der Waals surface area contributed by atoms with Gasteiger partial charge in [-0.3, -0.25) is 9.36 Å². The summed E-state index contributed by atoms with van der Waals surface area (Å²) in [5.41, 5.74) is -0.335. The van der Waals surface area contributed by atoms with Crippen molar-refractivity contribution in [3.05, 3.63) is 27.2 Å². The van der Waals surface area contributed by atoms with Crippen molar-refractivity contribution in [3.8, 4) is 0 Å². The first-order chi connectivity index (χ1) is 12.0. The lowest BCUT2D eigenvalue weighted by Crippen LogP contribution is -2.42. The van der Waals surface area contributed by atoms with Gasteiger partial charge in [0.2, 0.25) is 0 Å². The van der Waals surface area contributed by atoms with Crippen LogP contribution in [0.4, 0.5) is 0 Å². The number of unbranched alkanes of at least 4 members (excludes halogenated alkanes) is 7. The summed E-state index contributed by atoms with van der Waals surface area (Å²) in [7, 11) is 3.27. The minimum absolute atomic E-state index is 0.331. The average molecular weight is 350 g/mol. The topological polar surface area (TPSA) is 82.1 Å². The largest absolute Gasteiger partial charge is 0.373 e. The number of imidazole rings is 1. The second-order valence-corrected chi connectivity index (χ2v) is 6.79. The van der Waals surface area contributed by atoms with E-state index in [1.54, 1.807) is 18.7 Å². The van der Waals surface area contributed by atoms with Gasteiger partial charge in [0.1, 0.15) is 6.23 Å². The molecule has 7 heteroatoms. The second-order valence-electron chi connectivity index (χ2n) is 6.79. The van der Waals surface area contributed by atoms with Crippen LogP contribution in [0.15, 0.2) is 15.9 Å². The summed E-state index contributed by atoms with van der Waals surface area (Å²) in [5, 5.41) is 10.4. The smallest absolute Gasteiger partial charge is 0.334 e. The zero-order valence-corrected chi connectivity index (χ0v) is 15.6. The SMILES string of the molecule is CCCCCCCCCCC(O)n1c(=O)c2c(ncn2C)n(C)c1=O. The maximum Gasteiger partial charge on any atom is 0.334 e. The van der Waals surface area contributed by atoms with Crippen molar-refractivity contribution in [1.29, 1.82) is 0 Å². The monoisotopic (exact) mass is 350 g/mol. The number of aromatic nitrogens is 4. The molecule has 0 aliphatic rings. The van der Waals surface area contributed by atoms with Gasteiger partial charge in [-0.05, 0) is 12.8 Å². The summed E-state index contributed by atoms with van der Waals surface area (Å²) in [6, 6.07) is 0. The molecule has 0 aliphatic carbocycles. The molecular formula is C18H30N4O3. The number of nitrogens with zero attached hydrogens (tertiary/aromatic N) is 4. The lowest BCUT2D eigenvalue weighted by atomic mass is 10.1. The van der Waals surface area contributed by atoms with Gasteiger partial charge >= 0.3 is 5.69 Å². The summed E-state index contributed by atoms with van der Waals surface area (Å²) in [5.74, 6) is 0. The summed E-state index contributed by atoms with van der Waals surface area (Å²) in [4.78, 5) is 29.1. The maximum atomic E-state index is 12.6. The van der Waals surface area contributed by atoms with Crippen molar-refractivity contribution in [2.24, 2.45) is 14.1 Å². The van der Waals surface area contributed by atoms with E-state index in [-0.39, 0.29) is 0 Å². The van der Waals surface area contributed by atoms with Gasteiger partial charge in [0.25, 0.3) is 5.56 Å². The van der Waals surface area contributed by atoms with E-state index >= 15 is 0 Å². The first-order valence-corrected chi connectivity index (χ1v) is 9.29. The van der Waals surface area contributed by atoms with Gasteiger partial charge in [-0.15, -0.1) is 0 Å². The normalized spacial score (nSPS) is 12.8. The molecular weight excluding hydrogens is 320 g/mol. The molecule has 0 fully saturated rings. The molecule has 1 atom stereocenters. The summed E-state index contributed by atoms with van der Waals surface area (Å²) >= 11 is 0. The Hall–Kier alpha value is -1.89. The Labute approximate surface area is 147 Å². The molecule has 0 aliphatic heterocycles. The fraction of sp³-hybridized carbons (Fsp3) is 0.722. The van der Waals surface area contributed by atoms with Crippen LogP contribution in [0, 0.1) is 0 Å². The van der Waals surface area contributed by atoms with Gasteiger partial charge in [-0.1, -0.05) is 51.9 Å². The third-order valence-corrected chi connectivity index (χ3v) is 4.76. The van der Waals surface area contributed by atoms with Crippen molar-refractivity contribution >= 4 is 11.2 Å². The maximum absolute atomic E-state index is 12.6. The van der Waals surface area contributed by atoms with Crippen LogP contribution in [0.25, 0.3) is 11.2 Å². The van der Waals surface area contributed by atoms with E-state index in [9.17, 15) is 14.7 Å². The minimum Gasteiger partial charge on any atom is -0.373 e. The Morgan fingerprint density at radius 2 is 1.64 bits per heavy atom. The van der Waals surface area contributed by atoms with Crippen LogP contribution in [-0.2, 0) is 14.1 Å². The van der Waals surface area contributed by atoms with Crippen molar-refractivity contribution in [3.63, 3.8) is 0 Å². The first-order valence-electron chi connectivity index (χ1n) is 9.29. The van der Waals surface area contributed by atoms with Crippen LogP contribution in [-0.4, -0.2) is 23.8 Å². The fourth-order valence-corrected chi connectivity index (χ4v) is 3.22. The van der Waals surface area contributed by atoms with E-state index in [1.807, 2.05) is 0 Å². The standard InChI is InChI=1S/C18H30N4O3/c1-4-5-6-7-8-9-10-11-12-14(23)22-17(24)15-16(19-13-20(15)2)21(3)18(22)25/h13-14,23H,4-12H2,1-3H3. The zero-order valence-electron chi connectivity index (χ0n) is 15.6. The number of aryl methyl sites for hydroxylation is 2. The van der Waals surface area contributed by atoms with E-state index in [0.717, 1.165) is 23.8 Å². The molecule has 0 bridgehead atoms. The minimum atomic E-state index is -1.09. The summed E-state index contributed by atoms with van der Waals surface area (Å²) in [6.45, 7) is 2.20. The van der Waals surface area contributed by atoms with Crippen molar-refractivity contribution in [1.82, 2.24) is 18.7 Å². The highest BCUT2D eigenvalue weighted by molar-refractivity contribution is 5.69. The molecule has 0 aromatic carbocycles. The first kappa shape index (κ1) is 19.4. The van der Waals surface area contributed by atoms with E-state index in [4.69, 9.17) is 0 Å². The van der Waals surface area contributed by atoms with Crippen LogP contribution in [0.2, 0.25) is 0 Å². The third-order valence-electron chi connectivity index (χ3n) is 4.76.